The Morgan fingerprint density at radius 1 is 1.23 bits per heavy atom. The van der Waals surface area contributed by atoms with Crippen molar-refractivity contribution < 1.29 is 27.1 Å². The van der Waals surface area contributed by atoms with E-state index < -0.39 is 17.7 Å². The van der Waals surface area contributed by atoms with Crippen LogP contribution in [-0.4, -0.2) is 18.1 Å². The molecule has 0 amide bonds. The number of alkyl halides is 3. The maximum atomic E-state index is 12.6. The van der Waals surface area contributed by atoms with Crippen LogP contribution in [0.25, 0.3) is 11.3 Å². The normalized spacial score (nSPS) is 12.8. The number of aromatic nitrogens is 1. The average molecular weight is 368 g/mol. The summed E-state index contributed by atoms with van der Waals surface area (Å²) in [6.45, 7) is 0. The predicted molar refractivity (Wildman–Crippen MR) is 87.1 cm³/mol. The Labute approximate surface area is 146 Å². The van der Waals surface area contributed by atoms with Crippen molar-refractivity contribution in [3.63, 3.8) is 0 Å². The fourth-order valence-corrected chi connectivity index (χ4v) is 1.82. The minimum Gasteiger partial charge on any atom is -0.464 e. The molecular weight excluding hydrogens is 353 g/mol. The van der Waals surface area contributed by atoms with Crippen LogP contribution in [0.4, 0.5) is 19.2 Å². The Bertz CT molecular complexity index is 839. The molecule has 5 N–H and O–H groups in total. The van der Waals surface area contributed by atoms with E-state index in [0.29, 0.717) is 11.3 Å². The molecule has 0 atom stereocenters. The molecule has 138 valence electrons. The highest BCUT2D eigenvalue weighted by molar-refractivity contribution is 5.87. The number of carbonyl (C=O) groups is 1. The summed E-state index contributed by atoms with van der Waals surface area (Å²) in [5.74, 6) is -0.646. The number of hydrogen-bond acceptors (Lipinski definition) is 7. The summed E-state index contributed by atoms with van der Waals surface area (Å²) in [6, 6.07) is 4.48. The van der Waals surface area contributed by atoms with E-state index >= 15 is 0 Å². The number of halogens is 3. The van der Waals surface area contributed by atoms with Gasteiger partial charge in [-0.2, -0.15) is 18.2 Å². The van der Waals surface area contributed by atoms with Crippen LogP contribution in [0.3, 0.4) is 0 Å². The number of rotatable bonds is 5. The third kappa shape index (κ3) is 4.79. The van der Waals surface area contributed by atoms with Gasteiger partial charge in [0, 0.05) is 5.56 Å². The van der Waals surface area contributed by atoms with Gasteiger partial charge in [-0.15, -0.1) is 0 Å². The molecule has 0 fully saturated rings. The van der Waals surface area contributed by atoms with Gasteiger partial charge in [-0.25, -0.2) is 4.79 Å². The van der Waals surface area contributed by atoms with Gasteiger partial charge in [0.2, 0.25) is 0 Å². The molecule has 0 aliphatic heterocycles. The minimum atomic E-state index is -4.41. The molecule has 0 spiro atoms. The summed E-state index contributed by atoms with van der Waals surface area (Å²) >= 11 is 0. The first kappa shape index (κ1) is 18.9. The molecule has 2 rings (SSSR count). The summed E-state index contributed by atoms with van der Waals surface area (Å²) in [7, 11) is 1.18. The van der Waals surface area contributed by atoms with Crippen LogP contribution in [-0.2, 0) is 15.7 Å². The van der Waals surface area contributed by atoms with E-state index in [-0.39, 0.29) is 17.5 Å². The van der Waals surface area contributed by atoms with Crippen LogP contribution in [0.15, 0.2) is 58.6 Å². The Hall–Kier alpha value is -3.43. The topological polar surface area (TPSA) is 116 Å². The van der Waals surface area contributed by atoms with Crippen molar-refractivity contribution in [2.45, 2.75) is 6.18 Å². The van der Waals surface area contributed by atoms with Gasteiger partial charge in [-0.1, -0.05) is 12.1 Å². The van der Waals surface area contributed by atoms with Crippen LogP contribution < -0.4 is 16.8 Å². The standard InChI is InChI=1S/C16H15F3N4O3/c1-25-14(24)11(20)6-7-13(21)23-15-22-12(8-26-15)9-2-4-10(5-3-9)16(17,18)19/h2-8H,20-21H2,1H3,(H,22,23)/b11-6-,13-7+. The number of carbonyl (C=O) groups excluding carboxylic acids is 1. The molecule has 2 aromatic rings. The second kappa shape index (κ2) is 7.64. The molecule has 1 heterocycles. The van der Waals surface area contributed by atoms with Gasteiger partial charge in [-0.05, 0) is 24.3 Å². The molecular formula is C16H15F3N4O3. The van der Waals surface area contributed by atoms with Crippen LogP contribution in [0.2, 0.25) is 0 Å². The van der Waals surface area contributed by atoms with Crippen LogP contribution in [0.1, 0.15) is 5.56 Å². The number of nitrogens with zero attached hydrogens (tertiary/aromatic N) is 1. The fraction of sp³-hybridized carbons (Fsp3) is 0.125. The molecule has 1 aromatic heterocycles. The number of methoxy groups -OCH3 is 1. The number of anilines is 1. The molecule has 10 heteroatoms. The molecule has 0 unspecified atom stereocenters. The van der Waals surface area contributed by atoms with Crippen molar-refractivity contribution >= 4 is 12.0 Å². The molecule has 0 aliphatic rings. The number of nitrogens with one attached hydrogen (secondary N) is 1. The number of oxazole rings is 1. The highest BCUT2D eigenvalue weighted by Crippen LogP contribution is 2.31. The van der Waals surface area contributed by atoms with E-state index in [9.17, 15) is 18.0 Å². The highest BCUT2D eigenvalue weighted by Gasteiger charge is 2.30. The van der Waals surface area contributed by atoms with E-state index in [2.05, 4.69) is 15.0 Å². The third-order valence-corrected chi connectivity index (χ3v) is 3.13. The first-order valence-corrected chi connectivity index (χ1v) is 7.12. The molecule has 1 aromatic carbocycles. The van der Waals surface area contributed by atoms with Crippen molar-refractivity contribution in [2.24, 2.45) is 11.5 Å². The Morgan fingerprint density at radius 3 is 2.46 bits per heavy atom. The van der Waals surface area contributed by atoms with Crippen LogP contribution in [0.5, 0.6) is 0 Å². The lowest BCUT2D eigenvalue weighted by Gasteiger charge is -2.06. The van der Waals surface area contributed by atoms with E-state index in [1.54, 1.807) is 0 Å². The van der Waals surface area contributed by atoms with Gasteiger partial charge in [0.1, 0.15) is 23.5 Å². The number of allylic oxidation sites excluding steroid dienone is 2. The molecule has 7 nitrogen and oxygen atoms in total. The number of ether oxygens (including phenoxy) is 1. The number of nitrogens with two attached hydrogens (primary N) is 2. The van der Waals surface area contributed by atoms with Gasteiger partial charge in [-0.3, -0.25) is 5.32 Å². The van der Waals surface area contributed by atoms with Gasteiger partial charge in [0.05, 0.1) is 12.7 Å². The molecule has 0 saturated heterocycles. The van der Waals surface area contributed by atoms with E-state index in [1.807, 2.05) is 0 Å². The molecule has 0 saturated carbocycles. The maximum absolute atomic E-state index is 12.6. The first-order valence-electron chi connectivity index (χ1n) is 7.12. The molecule has 0 aliphatic carbocycles. The first-order chi connectivity index (χ1) is 12.2. The van der Waals surface area contributed by atoms with Gasteiger partial charge >= 0.3 is 18.2 Å². The predicted octanol–water partition coefficient (Wildman–Crippen LogP) is 2.59. The largest absolute Gasteiger partial charge is 0.464 e. The second-order valence-electron chi connectivity index (χ2n) is 4.97. The highest BCUT2D eigenvalue weighted by atomic mass is 19.4. The lowest BCUT2D eigenvalue weighted by molar-refractivity contribution is -0.138. The summed E-state index contributed by atoms with van der Waals surface area (Å²) in [5, 5.41) is 2.61. The maximum Gasteiger partial charge on any atom is 0.416 e. The van der Waals surface area contributed by atoms with E-state index in [4.69, 9.17) is 15.9 Å². The van der Waals surface area contributed by atoms with Gasteiger partial charge in [0.25, 0.3) is 0 Å². The zero-order chi connectivity index (χ0) is 19.3. The summed E-state index contributed by atoms with van der Waals surface area (Å²) < 4.78 is 47.3. The molecule has 0 radical (unpaired) electrons. The number of benzene rings is 1. The average Bonchev–Trinajstić information content (AvgIpc) is 3.06. The Morgan fingerprint density at radius 2 is 1.88 bits per heavy atom. The quantitative estimate of drug-likeness (QED) is 0.422. The van der Waals surface area contributed by atoms with Gasteiger partial charge < -0.3 is 20.6 Å². The summed E-state index contributed by atoms with van der Waals surface area (Å²) in [5.41, 5.74) is 11.0. The van der Waals surface area contributed by atoms with Crippen molar-refractivity contribution in [3.8, 4) is 11.3 Å². The smallest absolute Gasteiger partial charge is 0.416 e. The van der Waals surface area contributed by atoms with E-state index in [0.717, 1.165) is 12.1 Å². The van der Waals surface area contributed by atoms with Crippen molar-refractivity contribution in [1.29, 1.82) is 0 Å². The molecule has 0 bridgehead atoms. The monoisotopic (exact) mass is 368 g/mol. The third-order valence-electron chi connectivity index (χ3n) is 3.13. The van der Waals surface area contributed by atoms with Crippen molar-refractivity contribution in [3.05, 3.63) is 59.8 Å². The minimum absolute atomic E-state index is 0.0127. The number of hydrogen-bond donors (Lipinski definition) is 3. The Balaban J connectivity index is 2.09. The van der Waals surface area contributed by atoms with E-state index in [1.165, 1.54) is 37.7 Å². The van der Waals surface area contributed by atoms with Crippen molar-refractivity contribution in [1.82, 2.24) is 4.98 Å². The van der Waals surface area contributed by atoms with Crippen LogP contribution in [0, 0.1) is 0 Å². The summed E-state index contributed by atoms with van der Waals surface area (Å²) in [4.78, 5) is 15.2. The summed E-state index contributed by atoms with van der Waals surface area (Å²) in [6.07, 6.45) is -0.618. The van der Waals surface area contributed by atoms with Crippen molar-refractivity contribution in [2.75, 3.05) is 12.4 Å². The van der Waals surface area contributed by atoms with Crippen LogP contribution >= 0.6 is 0 Å². The molecule has 26 heavy (non-hydrogen) atoms. The fourth-order valence-electron chi connectivity index (χ4n) is 1.82. The lowest BCUT2D eigenvalue weighted by atomic mass is 10.1. The lowest BCUT2D eigenvalue weighted by Crippen LogP contribution is -2.13. The van der Waals surface area contributed by atoms with Gasteiger partial charge in [0.15, 0.2) is 0 Å². The zero-order valence-electron chi connectivity index (χ0n) is 13.5. The zero-order valence-corrected chi connectivity index (χ0v) is 13.5. The Kier molecular flexibility index (Phi) is 5.55. The number of esters is 1. The second-order valence-corrected chi connectivity index (χ2v) is 4.97. The SMILES string of the molecule is COC(=O)/C(N)=C/C=C(\N)Nc1nc(-c2ccc(C(F)(F)F)cc2)co1.